The van der Waals surface area contributed by atoms with Crippen LogP contribution in [-0.2, 0) is 21.2 Å². The molecule has 6 heteroatoms. The summed E-state index contributed by atoms with van der Waals surface area (Å²) in [5, 5.41) is 0. The molecule has 0 aliphatic carbocycles. The van der Waals surface area contributed by atoms with E-state index in [0.717, 1.165) is 16.8 Å². The maximum absolute atomic E-state index is 12.7. The Kier molecular flexibility index (Phi) is 3.64. The molecule has 1 heterocycles. The maximum atomic E-state index is 12.7. The number of carbonyl (C=O) groups excluding carboxylic acids is 1. The second kappa shape index (κ2) is 5.38. The van der Waals surface area contributed by atoms with Crippen molar-refractivity contribution in [3.63, 3.8) is 0 Å². The molecule has 1 aliphatic rings. The van der Waals surface area contributed by atoms with Gasteiger partial charge in [-0.2, -0.15) is 0 Å². The lowest BCUT2D eigenvalue weighted by molar-refractivity contribution is -0.117. The Morgan fingerprint density at radius 1 is 1.09 bits per heavy atom. The van der Waals surface area contributed by atoms with Crippen molar-refractivity contribution in [2.24, 2.45) is 0 Å². The maximum Gasteiger partial charge on any atom is 0.264 e. The molecule has 2 aromatic rings. The first-order valence-electron chi connectivity index (χ1n) is 7.26. The minimum Gasteiger partial charge on any atom is -0.315 e. The summed E-state index contributed by atoms with van der Waals surface area (Å²) in [6.07, 6.45) is 0.304. The van der Waals surface area contributed by atoms with Crippen molar-refractivity contribution < 1.29 is 13.2 Å². The van der Waals surface area contributed by atoms with Gasteiger partial charge in [0.2, 0.25) is 5.91 Å². The summed E-state index contributed by atoms with van der Waals surface area (Å²) in [6, 6.07) is 12.0. The third-order valence-corrected chi connectivity index (χ3v) is 5.98. The van der Waals surface area contributed by atoms with Gasteiger partial charge in [0.25, 0.3) is 10.0 Å². The monoisotopic (exact) mass is 330 g/mol. The standard InChI is InChI=1S/C17H18N2O3S/c1-12-4-7-15(8-5-12)23(21,22)19(3)14-6-9-16-13(10-14)11-17(20)18(16)2/h4-10H,11H2,1-3H3. The van der Waals surface area contributed by atoms with Crippen molar-refractivity contribution in [2.75, 3.05) is 23.3 Å². The van der Waals surface area contributed by atoms with Gasteiger partial charge in [0.1, 0.15) is 0 Å². The van der Waals surface area contributed by atoms with Gasteiger partial charge in [0.15, 0.2) is 0 Å². The van der Waals surface area contributed by atoms with Crippen LogP contribution in [0, 0.1) is 6.92 Å². The minimum absolute atomic E-state index is 0.0150. The molecule has 0 saturated heterocycles. The van der Waals surface area contributed by atoms with Crippen LogP contribution in [0.15, 0.2) is 47.4 Å². The highest BCUT2D eigenvalue weighted by atomic mass is 32.2. The average Bonchev–Trinajstić information content (AvgIpc) is 2.81. The van der Waals surface area contributed by atoms with Gasteiger partial charge in [0.05, 0.1) is 17.0 Å². The van der Waals surface area contributed by atoms with Gasteiger partial charge in [-0.05, 0) is 42.8 Å². The fraction of sp³-hybridized carbons (Fsp3) is 0.235. The fourth-order valence-electron chi connectivity index (χ4n) is 2.66. The first kappa shape index (κ1) is 15.6. The topological polar surface area (TPSA) is 57.7 Å². The van der Waals surface area contributed by atoms with Gasteiger partial charge in [-0.25, -0.2) is 8.42 Å². The zero-order chi connectivity index (χ0) is 16.8. The van der Waals surface area contributed by atoms with Crippen LogP contribution in [0.4, 0.5) is 11.4 Å². The molecule has 1 amide bonds. The Morgan fingerprint density at radius 2 is 1.74 bits per heavy atom. The summed E-state index contributed by atoms with van der Waals surface area (Å²) < 4.78 is 26.7. The van der Waals surface area contributed by atoms with E-state index in [1.165, 1.54) is 11.4 Å². The summed E-state index contributed by atoms with van der Waals surface area (Å²) in [7, 11) is -0.370. The number of hydrogen-bond acceptors (Lipinski definition) is 3. The average molecular weight is 330 g/mol. The van der Waals surface area contributed by atoms with Crippen molar-refractivity contribution in [3.05, 3.63) is 53.6 Å². The second-order valence-electron chi connectivity index (χ2n) is 5.73. The molecular weight excluding hydrogens is 312 g/mol. The van der Waals surface area contributed by atoms with E-state index in [2.05, 4.69) is 0 Å². The molecule has 0 bridgehead atoms. The van der Waals surface area contributed by atoms with Gasteiger partial charge in [-0.1, -0.05) is 17.7 Å². The van der Waals surface area contributed by atoms with Crippen LogP contribution < -0.4 is 9.21 Å². The molecule has 0 spiro atoms. The van der Waals surface area contributed by atoms with Crippen LogP contribution in [0.5, 0.6) is 0 Å². The predicted octanol–water partition coefficient (Wildman–Crippen LogP) is 2.34. The molecule has 0 saturated carbocycles. The van der Waals surface area contributed by atoms with E-state index in [9.17, 15) is 13.2 Å². The lowest BCUT2D eigenvalue weighted by atomic mass is 10.1. The highest BCUT2D eigenvalue weighted by molar-refractivity contribution is 7.92. The van der Waals surface area contributed by atoms with Crippen molar-refractivity contribution in [1.82, 2.24) is 0 Å². The molecule has 5 nitrogen and oxygen atoms in total. The van der Waals surface area contributed by atoms with Crippen LogP contribution >= 0.6 is 0 Å². The third kappa shape index (κ3) is 2.59. The molecule has 0 radical (unpaired) electrons. The summed E-state index contributed by atoms with van der Waals surface area (Å²) >= 11 is 0. The van der Waals surface area contributed by atoms with E-state index in [1.54, 1.807) is 54.4 Å². The van der Waals surface area contributed by atoms with E-state index >= 15 is 0 Å². The van der Waals surface area contributed by atoms with Crippen molar-refractivity contribution in [2.45, 2.75) is 18.2 Å². The van der Waals surface area contributed by atoms with E-state index in [-0.39, 0.29) is 10.8 Å². The highest BCUT2D eigenvalue weighted by Gasteiger charge is 2.27. The Morgan fingerprint density at radius 3 is 2.39 bits per heavy atom. The Balaban J connectivity index is 1.98. The number of sulfonamides is 1. The largest absolute Gasteiger partial charge is 0.315 e. The van der Waals surface area contributed by atoms with E-state index < -0.39 is 10.0 Å². The van der Waals surface area contributed by atoms with Gasteiger partial charge < -0.3 is 4.90 Å². The van der Waals surface area contributed by atoms with Crippen LogP contribution in [0.1, 0.15) is 11.1 Å². The number of amides is 1. The van der Waals surface area contributed by atoms with Crippen LogP contribution in [-0.4, -0.2) is 28.4 Å². The lowest BCUT2D eigenvalue weighted by Crippen LogP contribution is -2.26. The quantitative estimate of drug-likeness (QED) is 0.868. The Bertz CT molecular complexity index is 873. The number of fused-ring (bicyclic) bond motifs is 1. The van der Waals surface area contributed by atoms with Crippen LogP contribution in [0.2, 0.25) is 0 Å². The number of rotatable bonds is 3. The molecular formula is C17H18N2O3S. The minimum atomic E-state index is -3.62. The first-order valence-corrected chi connectivity index (χ1v) is 8.70. The molecule has 2 aromatic carbocycles. The predicted molar refractivity (Wildman–Crippen MR) is 90.3 cm³/mol. The molecule has 0 aromatic heterocycles. The number of hydrogen-bond donors (Lipinski definition) is 0. The SMILES string of the molecule is Cc1ccc(S(=O)(=O)N(C)c2ccc3c(c2)CC(=O)N3C)cc1. The lowest BCUT2D eigenvalue weighted by Gasteiger charge is -2.20. The summed E-state index contributed by atoms with van der Waals surface area (Å²) in [5.74, 6) is 0.0150. The van der Waals surface area contributed by atoms with Gasteiger partial charge in [-0.15, -0.1) is 0 Å². The summed E-state index contributed by atoms with van der Waals surface area (Å²) in [5.41, 5.74) is 3.24. The van der Waals surface area contributed by atoms with Crippen LogP contribution in [0.3, 0.4) is 0 Å². The number of nitrogens with zero attached hydrogens (tertiary/aromatic N) is 2. The zero-order valence-corrected chi connectivity index (χ0v) is 14.1. The number of carbonyl (C=O) groups is 1. The normalized spacial score (nSPS) is 14.0. The zero-order valence-electron chi connectivity index (χ0n) is 13.3. The number of anilines is 2. The molecule has 0 atom stereocenters. The molecule has 3 rings (SSSR count). The second-order valence-corrected chi connectivity index (χ2v) is 7.70. The van der Waals surface area contributed by atoms with Gasteiger partial charge in [0, 0.05) is 19.8 Å². The van der Waals surface area contributed by atoms with Crippen LogP contribution in [0.25, 0.3) is 0 Å². The first-order chi connectivity index (χ1) is 10.8. The number of benzene rings is 2. The Labute approximate surface area is 136 Å². The van der Waals surface area contributed by atoms with Gasteiger partial charge in [-0.3, -0.25) is 9.10 Å². The van der Waals surface area contributed by atoms with Crippen molar-refractivity contribution >= 4 is 27.3 Å². The van der Waals surface area contributed by atoms with Gasteiger partial charge >= 0.3 is 0 Å². The summed E-state index contributed by atoms with van der Waals surface area (Å²) in [4.78, 5) is 13.6. The molecule has 0 fully saturated rings. The molecule has 23 heavy (non-hydrogen) atoms. The number of likely N-dealkylation sites (N-methyl/N-ethyl adjacent to an activating group) is 1. The molecule has 0 N–H and O–H groups in total. The molecule has 120 valence electrons. The van der Waals surface area contributed by atoms with Crippen molar-refractivity contribution in [1.29, 1.82) is 0 Å². The molecule has 0 unspecified atom stereocenters. The molecule has 1 aliphatic heterocycles. The van der Waals surface area contributed by atoms with Crippen molar-refractivity contribution in [3.8, 4) is 0 Å². The smallest absolute Gasteiger partial charge is 0.264 e. The number of aryl methyl sites for hydroxylation is 1. The van der Waals surface area contributed by atoms with E-state index in [1.807, 2.05) is 6.92 Å². The highest BCUT2D eigenvalue weighted by Crippen LogP contribution is 2.32. The third-order valence-electron chi connectivity index (χ3n) is 4.18. The Hall–Kier alpha value is -2.34. The fourth-order valence-corrected chi connectivity index (χ4v) is 3.85. The summed E-state index contributed by atoms with van der Waals surface area (Å²) in [6.45, 7) is 1.91. The van der Waals surface area contributed by atoms with E-state index in [4.69, 9.17) is 0 Å². The van der Waals surface area contributed by atoms with E-state index in [0.29, 0.717) is 12.1 Å².